The molecular weight excluding hydrogens is 422 g/mol. The van der Waals surface area contributed by atoms with Crippen LogP contribution in [0.3, 0.4) is 0 Å². The predicted octanol–water partition coefficient (Wildman–Crippen LogP) is 1.15. The maximum atomic E-state index is 12.0. The average molecular weight is 443 g/mol. The number of carbonyl (C=O) groups excluding carboxylic acids is 1. The summed E-state index contributed by atoms with van der Waals surface area (Å²) in [7, 11) is 0. The van der Waals surface area contributed by atoms with Crippen LogP contribution in [0.2, 0.25) is 0 Å². The fourth-order valence-electron chi connectivity index (χ4n) is 2.95. The molecule has 3 N–H and O–H groups in total. The number of rotatable bonds is 6. The third kappa shape index (κ3) is 6.47. The number of aryl methyl sites for hydroxylation is 1. The van der Waals surface area contributed by atoms with Crippen LogP contribution >= 0.6 is 0 Å². The van der Waals surface area contributed by atoms with E-state index in [1.165, 1.54) is 0 Å². The highest BCUT2D eigenvalue weighted by molar-refractivity contribution is 6.27. The Labute approximate surface area is 181 Å². The van der Waals surface area contributed by atoms with E-state index in [4.69, 9.17) is 28.8 Å². The first kappa shape index (κ1) is 22.6. The van der Waals surface area contributed by atoms with Crippen LogP contribution in [0.5, 0.6) is 0 Å². The number of carbonyl (C=O) groups is 3. The minimum absolute atomic E-state index is 0.118. The van der Waals surface area contributed by atoms with Crippen molar-refractivity contribution in [3.05, 3.63) is 59.4 Å². The topological polar surface area (TPSA) is 172 Å². The van der Waals surface area contributed by atoms with Gasteiger partial charge in [0.1, 0.15) is 5.76 Å². The Bertz CT molecular complexity index is 1060. The lowest BCUT2D eigenvalue weighted by Crippen LogP contribution is -2.48. The van der Waals surface area contributed by atoms with Gasteiger partial charge in [-0.25, -0.2) is 9.59 Å². The van der Waals surface area contributed by atoms with Crippen molar-refractivity contribution >= 4 is 23.7 Å². The lowest BCUT2D eigenvalue weighted by molar-refractivity contribution is -0.159. The van der Waals surface area contributed by atoms with E-state index in [-0.39, 0.29) is 11.8 Å². The number of aromatic nitrogens is 3. The Morgan fingerprint density at radius 2 is 1.78 bits per heavy atom. The fourth-order valence-corrected chi connectivity index (χ4v) is 2.95. The molecule has 1 fully saturated rings. The van der Waals surface area contributed by atoms with E-state index in [9.17, 15) is 4.79 Å². The van der Waals surface area contributed by atoms with Gasteiger partial charge in [0.15, 0.2) is 11.6 Å². The molecule has 1 aliphatic rings. The van der Waals surface area contributed by atoms with Crippen molar-refractivity contribution < 1.29 is 33.6 Å². The molecule has 1 aliphatic heterocycles. The standard InChI is InChI=1S/C18H19N5O3.C2H2O4/c1-12-7-15(21-25-12)19-17(24)11-23-9-14(10-23)18-20-16(22-26-18)8-13-5-3-2-4-6-13;3-1(4)2(5)6/h2-7,14H,8-11H2,1H3,(H,19,21,24);(H,3,4)(H,5,6). The molecule has 4 rings (SSSR count). The Morgan fingerprint density at radius 3 is 2.38 bits per heavy atom. The number of nitrogens with one attached hydrogen (secondary N) is 1. The molecule has 0 radical (unpaired) electrons. The highest BCUT2D eigenvalue weighted by Crippen LogP contribution is 2.25. The first-order chi connectivity index (χ1) is 15.3. The summed E-state index contributed by atoms with van der Waals surface area (Å²) in [5.41, 5.74) is 1.15. The molecule has 2 aromatic heterocycles. The number of hydrogen-bond donors (Lipinski definition) is 3. The van der Waals surface area contributed by atoms with E-state index in [0.29, 0.717) is 36.3 Å². The summed E-state index contributed by atoms with van der Waals surface area (Å²) in [5, 5.41) is 25.3. The second-order valence-electron chi connectivity index (χ2n) is 7.08. The molecule has 0 atom stereocenters. The molecule has 3 heterocycles. The van der Waals surface area contributed by atoms with Crippen molar-refractivity contribution in [1.29, 1.82) is 0 Å². The van der Waals surface area contributed by atoms with E-state index in [2.05, 4.69) is 20.6 Å². The number of hydrogen-bond acceptors (Lipinski definition) is 9. The molecule has 12 nitrogen and oxygen atoms in total. The molecule has 3 aromatic rings. The van der Waals surface area contributed by atoms with Crippen molar-refractivity contribution in [1.82, 2.24) is 20.2 Å². The molecule has 32 heavy (non-hydrogen) atoms. The maximum Gasteiger partial charge on any atom is 0.414 e. The minimum atomic E-state index is -1.82. The molecule has 0 spiro atoms. The second kappa shape index (κ2) is 10.3. The summed E-state index contributed by atoms with van der Waals surface area (Å²) < 4.78 is 10.3. The molecule has 1 saturated heterocycles. The molecule has 0 saturated carbocycles. The van der Waals surface area contributed by atoms with Crippen LogP contribution in [0.15, 0.2) is 45.4 Å². The highest BCUT2D eigenvalue weighted by Gasteiger charge is 2.33. The largest absolute Gasteiger partial charge is 0.473 e. The molecule has 0 aliphatic carbocycles. The van der Waals surface area contributed by atoms with Crippen LogP contribution in [-0.2, 0) is 20.8 Å². The molecule has 1 aromatic carbocycles. The van der Waals surface area contributed by atoms with Crippen molar-refractivity contribution in [3.8, 4) is 0 Å². The number of anilines is 1. The van der Waals surface area contributed by atoms with Crippen molar-refractivity contribution in [3.63, 3.8) is 0 Å². The Hall–Kier alpha value is -4.06. The highest BCUT2D eigenvalue weighted by atomic mass is 16.5. The number of carboxylic acid groups (broad SMARTS) is 2. The van der Waals surface area contributed by atoms with Crippen LogP contribution in [0.4, 0.5) is 5.82 Å². The van der Waals surface area contributed by atoms with Crippen LogP contribution < -0.4 is 5.32 Å². The first-order valence-corrected chi connectivity index (χ1v) is 9.58. The van der Waals surface area contributed by atoms with Gasteiger partial charge in [-0.3, -0.25) is 9.69 Å². The molecule has 0 bridgehead atoms. The Balaban J connectivity index is 0.000000427. The summed E-state index contributed by atoms with van der Waals surface area (Å²) >= 11 is 0. The third-order valence-corrected chi connectivity index (χ3v) is 4.44. The lowest BCUT2D eigenvalue weighted by atomic mass is 10.0. The van der Waals surface area contributed by atoms with Gasteiger partial charge in [0.05, 0.1) is 12.5 Å². The van der Waals surface area contributed by atoms with Crippen LogP contribution in [0.25, 0.3) is 0 Å². The van der Waals surface area contributed by atoms with Gasteiger partial charge in [-0.15, -0.1) is 0 Å². The SMILES string of the molecule is Cc1cc(NC(=O)CN2CC(c3nc(Cc4ccccc4)no3)C2)no1.O=C(O)C(=O)O. The number of amides is 1. The van der Waals surface area contributed by atoms with Gasteiger partial charge in [0.25, 0.3) is 0 Å². The minimum Gasteiger partial charge on any atom is -0.473 e. The first-order valence-electron chi connectivity index (χ1n) is 9.58. The van der Waals surface area contributed by atoms with Gasteiger partial charge in [-0.05, 0) is 12.5 Å². The van der Waals surface area contributed by atoms with Gasteiger partial charge < -0.3 is 24.6 Å². The summed E-state index contributed by atoms with van der Waals surface area (Å²) in [4.78, 5) is 36.7. The van der Waals surface area contributed by atoms with E-state index in [0.717, 1.165) is 18.7 Å². The van der Waals surface area contributed by atoms with Gasteiger partial charge in [0.2, 0.25) is 11.8 Å². The zero-order chi connectivity index (χ0) is 23.1. The Kier molecular flexibility index (Phi) is 7.29. The number of nitrogens with zero attached hydrogens (tertiary/aromatic N) is 4. The van der Waals surface area contributed by atoms with Crippen molar-refractivity contribution in [2.75, 3.05) is 25.0 Å². The molecule has 12 heteroatoms. The van der Waals surface area contributed by atoms with Crippen LogP contribution in [0, 0.1) is 6.92 Å². The van der Waals surface area contributed by atoms with Gasteiger partial charge in [0, 0.05) is 25.6 Å². The maximum absolute atomic E-state index is 12.0. The van der Waals surface area contributed by atoms with Crippen molar-refractivity contribution in [2.45, 2.75) is 19.3 Å². The van der Waals surface area contributed by atoms with Gasteiger partial charge in [-0.2, -0.15) is 4.98 Å². The van der Waals surface area contributed by atoms with Crippen molar-refractivity contribution in [2.24, 2.45) is 0 Å². The molecular formula is C20H21N5O7. The van der Waals surface area contributed by atoms with E-state index >= 15 is 0 Å². The number of carboxylic acids is 2. The monoisotopic (exact) mass is 443 g/mol. The third-order valence-electron chi connectivity index (χ3n) is 4.44. The summed E-state index contributed by atoms with van der Waals surface area (Å²) in [6.07, 6.45) is 0.653. The van der Waals surface area contributed by atoms with E-state index in [1.807, 2.05) is 35.2 Å². The quantitative estimate of drug-likeness (QED) is 0.467. The normalized spacial score (nSPS) is 13.5. The fraction of sp³-hybridized carbons (Fsp3) is 0.300. The van der Waals surface area contributed by atoms with Crippen LogP contribution in [0.1, 0.15) is 29.0 Å². The number of likely N-dealkylation sites (tertiary alicyclic amines) is 1. The average Bonchev–Trinajstić information content (AvgIpc) is 3.34. The smallest absolute Gasteiger partial charge is 0.414 e. The zero-order valence-corrected chi connectivity index (χ0v) is 17.1. The summed E-state index contributed by atoms with van der Waals surface area (Å²) in [6.45, 7) is 3.52. The number of aliphatic carboxylic acids is 2. The molecule has 168 valence electrons. The predicted molar refractivity (Wildman–Crippen MR) is 108 cm³/mol. The zero-order valence-electron chi connectivity index (χ0n) is 17.1. The van der Waals surface area contributed by atoms with Gasteiger partial charge in [-0.1, -0.05) is 40.6 Å². The summed E-state index contributed by atoms with van der Waals surface area (Å²) in [5.74, 6) is -1.17. The van der Waals surface area contributed by atoms with Gasteiger partial charge >= 0.3 is 11.9 Å². The second-order valence-corrected chi connectivity index (χ2v) is 7.08. The summed E-state index contributed by atoms with van der Waals surface area (Å²) in [6, 6.07) is 11.7. The van der Waals surface area contributed by atoms with E-state index < -0.39 is 11.9 Å². The van der Waals surface area contributed by atoms with Crippen LogP contribution in [-0.4, -0.2) is 67.9 Å². The van der Waals surface area contributed by atoms with E-state index in [1.54, 1.807) is 13.0 Å². The lowest BCUT2D eigenvalue weighted by Gasteiger charge is -2.36. The number of benzene rings is 1. The molecule has 1 amide bonds. The molecule has 0 unspecified atom stereocenters. The Morgan fingerprint density at radius 1 is 1.09 bits per heavy atom.